The van der Waals surface area contributed by atoms with Crippen molar-refractivity contribution in [1.82, 2.24) is 4.90 Å². The maximum atomic E-state index is 10.8. The SMILES string of the molecule is C[C@@H](CN1CCCCC1)C(N)=O. The zero-order valence-corrected chi connectivity index (χ0v) is 7.75. The van der Waals surface area contributed by atoms with Crippen LogP contribution in [0.15, 0.2) is 0 Å². The van der Waals surface area contributed by atoms with E-state index >= 15 is 0 Å². The van der Waals surface area contributed by atoms with E-state index in [-0.39, 0.29) is 11.8 Å². The van der Waals surface area contributed by atoms with E-state index < -0.39 is 0 Å². The molecule has 1 aliphatic heterocycles. The maximum absolute atomic E-state index is 10.8. The van der Waals surface area contributed by atoms with Gasteiger partial charge in [0.15, 0.2) is 0 Å². The van der Waals surface area contributed by atoms with Crippen LogP contribution in [0.1, 0.15) is 26.2 Å². The second-order valence-electron chi connectivity index (χ2n) is 3.66. The van der Waals surface area contributed by atoms with Crippen molar-refractivity contribution in [2.24, 2.45) is 11.7 Å². The van der Waals surface area contributed by atoms with Gasteiger partial charge in [-0.3, -0.25) is 4.79 Å². The Morgan fingerprint density at radius 2 is 2.00 bits per heavy atom. The lowest BCUT2D eigenvalue weighted by Gasteiger charge is -2.27. The van der Waals surface area contributed by atoms with E-state index in [0.717, 1.165) is 19.6 Å². The summed E-state index contributed by atoms with van der Waals surface area (Å²) in [6.07, 6.45) is 3.87. The first-order valence-electron chi connectivity index (χ1n) is 4.72. The van der Waals surface area contributed by atoms with Gasteiger partial charge in [0.2, 0.25) is 5.91 Å². The number of nitrogens with zero attached hydrogens (tertiary/aromatic N) is 1. The van der Waals surface area contributed by atoms with Crippen LogP contribution in [0.25, 0.3) is 0 Å². The summed E-state index contributed by atoms with van der Waals surface area (Å²) in [5.41, 5.74) is 5.19. The number of hydrogen-bond acceptors (Lipinski definition) is 2. The number of carbonyl (C=O) groups is 1. The van der Waals surface area contributed by atoms with Crippen molar-refractivity contribution in [1.29, 1.82) is 0 Å². The van der Waals surface area contributed by atoms with Crippen molar-refractivity contribution in [3.8, 4) is 0 Å². The third-order valence-corrected chi connectivity index (χ3v) is 2.47. The quantitative estimate of drug-likeness (QED) is 0.674. The fourth-order valence-corrected chi connectivity index (χ4v) is 1.62. The molecule has 3 nitrogen and oxygen atoms in total. The van der Waals surface area contributed by atoms with Crippen LogP contribution in [0, 0.1) is 5.92 Å². The molecule has 0 aromatic carbocycles. The van der Waals surface area contributed by atoms with Crippen molar-refractivity contribution >= 4 is 5.91 Å². The van der Waals surface area contributed by atoms with Gasteiger partial charge in [-0.1, -0.05) is 13.3 Å². The second-order valence-corrected chi connectivity index (χ2v) is 3.66. The van der Waals surface area contributed by atoms with Crippen LogP contribution >= 0.6 is 0 Å². The molecule has 1 amide bonds. The summed E-state index contributed by atoms with van der Waals surface area (Å²) in [5.74, 6) is -0.177. The molecule has 0 spiro atoms. The lowest BCUT2D eigenvalue weighted by molar-refractivity contribution is -0.121. The number of amides is 1. The van der Waals surface area contributed by atoms with E-state index in [1.807, 2.05) is 6.92 Å². The van der Waals surface area contributed by atoms with Gasteiger partial charge in [0.05, 0.1) is 0 Å². The number of hydrogen-bond donors (Lipinski definition) is 1. The van der Waals surface area contributed by atoms with Crippen molar-refractivity contribution < 1.29 is 4.79 Å². The minimum atomic E-state index is -0.180. The van der Waals surface area contributed by atoms with E-state index in [2.05, 4.69) is 4.90 Å². The van der Waals surface area contributed by atoms with E-state index in [1.54, 1.807) is 0 Å². The summed E-state index contributed by atoms with van der Waals surface area (Å²) in [7, 11) is 0. The van der Waals surface area contributed by atoms with Gasteiger partial charge in [-0.25, -0.2) is 0 Å². The van der Waals surface area contributed by atoms with Gasteiger partial charge in [-0.05, 0) is 25.9 Å². The van der Waals surface area contributed by atoms with Crippen LogP contribution in [0.5, 0.6) is 0 Å². The highest BCUT2D eigenvalue weighted by molar-refractivity contribution is 5.76. The first-order valence-corrected chi connectivity index (χ1v) is 4.72. The molecule has 0 radical (unpaired) electrons. The average Bonchev–Trinajstić information content (AvgIpc) is 2.06. The summed E-state index contributed by atoms with van der Waals surface area (Å²) < 4.78 is 0. The molecule has 3 heteroatoms. The molecule has 1 rings (SSSR count). The predicted octanol–water partition coefficient (Wildman–Crippen LogP) is 0.594. The normalized spacial score (nSPS) is 22.1. The van der Waals surface area contributed by atoms with E-state index in [4.69, 9.17) is 5.73 Å². The van der Waals surface area contributed by atoms with Crippen molar-refractivity contribution in [3.05, 3.63) is 0 Å². The van der Waals surface area contributed by atoms with Gasteiger partial charge in [-0.15, -0.1) is 0 Å². The number of primary amides is 1. The van der Waals surface area contributed by atoms with Gasteiger partial charge >= 0.3 is 0 Å². The Balaban J connectivity index is 2.24. The maximum Gasteiger partial charge on any atom is 0.221 e. The average molecular weight is 170 g/mol. The topological polar surface area (TPSA) is 46.3 Å². The molecule has 1 atom stereocenters. The van der Waals surface area contributed by atoms with Gasteiger partial charge in [0, 0.05) is 12.5 Å². The highest BCUT2D eigenvalue weighted by atomic mass is 16.1. The standard InChI is InChI=1S/C9H18N2O/c1-8(9(10)12)7-11-5-3-2-4-6-11/h8H,2-7H2,1H3,(H2,10,12)/t8-/m0/s1. The lowest BCUT2D eigenvalue weighted by atomic mass is 10.1. The third-order valence-electron chi connectivity index (χ3n) is 2.47. The van der Waals surface area contributed by atoms with E-state index in [9.17, 15) is 4.79 Å². The Hall–Kier alpha value is -0.570. The summed E-state index contributed by atoms with van der Waals surface area (Å²) in [6, 6.07) is 0. The molecule has 70 valence electrons. The van der Waals surface area contributed by atoms with Gasteiger partial charge in [0.25, 0.3) is 0 Å². The minimum Gasteiger partial charge on any atom is -0.369 e. The Morgan fingerprint density at radius 3 is 2.50 bits per heavy atom. The highest BCUT2D eigenvalue weighted by Crippen LogP contribution is 2.10. The number of likely N-dealkylation sites (tertiary alicyclic amines) is 1. The molecular formula is C9H18N2O. The molecular weight excluding hydrogens is 152 g/mol. The molecule has 1 saturated heterocycles. The van der Waals surface area contributed by atoms with E-state index in [0.29, 0.717) is 0 Å². The predicted molar refractivity (Wildman–Crippen MR) is 48.6 cm³/mol. The second kappa shape index (κ2) is 4.45. The number of rotatable bonds is 3. The molecule has 2 N–H and O–H groups in total. The Kier molecular flexibility index (Phi) is 3.53. The molecule has 1 aliphatic rings. The van der Waals surface area contributed by atoms with Crippen LogP contribution in [0.4, 0.5) is 0 Å². The minimum absolute atomic E-state index is 0.00287. The summed E-state index contributed by atoms with van der Waals surface area (Å²) >= 11 is 0. The van der Waals surface area contributed by atoms with Gasteiger partial charge in [0.1, 0.15) is 0 Å². The van der Waals surface area contributed by atoms with Crippen molar-refractivity contribution in [2.45, 2.75) is 26.2 Å². The number of nitrogens with two attached hydrogens (primary N) is 1. The van der Waals surface area contributed by atoms with Crippen molar-refractivity contribution in [2.75, 3.05) is 19.6 Å². The first-order chi connectivity index (χ1) is 5.70. The number of carbonyl (C=O) groups excluding carboxylic acids is 1. The fourth-order valence-electron chi connectivity index (χ4n) is 1.62. The van der Waals surface area contributed by atoms with Crippen LogP contribution in [0.3, 0.4) is 0 Å². The largest absolute Gasteiger partial charge is 0.369 e. The zero-order valence-electron chi connectivity index (χ0n) is 7.75. The molecule has 0 bridgehead atoms. The van der Waals surface area contributed by atoms with Crippen LogP contribution in [0.2, 0.25) is 0 Å². The molecule has 0 aliphatic carbocycles. The van der Waals surface area contributed by atoms with Crippen LogP contribution < -0.4 is 5.73 Å². The van der Waals surface area contributed by atoms with E-state index in [1.165, 1.54) is 19.3 Å². The Labute approximate surface area is 73.9 Å². The van der Waals surface area contributed by atoms with Crippen LogP contribution in [-0.2, 0) is 4.79 Å². The summed E-state index contributed by atoms with van der Waals surface area (Å²) in [4.78, 5) is 13.1. The zero-order chi connectivity index (χ0) is 8.97. The molecule has 0 aromatic heterocycles. The first kappa shape index (κ1) is 9.52. The molecule has 1 heterocycles. The molecule has 1 fully saturated rings. The fraction of sp³-hybridized carbons (Fsp3) is 0.889. The third kappa shape index (κ3) is 2.81. The molecule has 12 heavy (non-hydrogen) atoms. The Bertz CT molecular complexity index is 153. The van der Waals surface area contributed by atoms with Crippen LogP contribution in [-0.4, -0.2) is 30.4 Å². The summed E-state index contributed by atoms with van der Waals surface area (Å²) in [6.45, 7) is 5.02. The summed E-state index contributed by atoms with van der Waals surface area (Å²) in [5, 5.41) is 0. The highest BCUT2D eigenvalue weighted by Gasteiger charge is 2.15. The number of piperidine rings is 1. The monoisotopic (exact) mass is 170 g/mol. The molecule has 0 saturated carbocycles. The Morgan fingerprint density at radius 1 is 1.42 bits per heavy atom. The van der Waals surface area contributed by atoms with Crippen molar-refractivity contribution in [3.63, 3.8) is 0 Å². The smallest absolute Gasteiger partial charge is 0.221 e. The van der Waals surface area contributed by atoms with Gasteiger partial charge in [-0.2, -0.15) is 0 Å². The van der Waals surface area contributed by atoms with Gasteiger partial charge < -0.3 is 10.6 Å². The lowest BCUT2D eigenvalue weighted by Crippen LogP contribution is -2.37. The molecule has 0 unspecified atom stereocenters. The molecule has 0 aromatic rings.